The summed E-state index contributed by atoms with van der Waals surface area (Å²) < 4.78 is 5.08. The third kappa shape index (κ3) is 3.01. The topological polar surface area (TPSA) is 75.6 Å². The Morgan fingerprint density at radius 2 is 2.14 bits per heavy atom. The van der Waals surface area contributed by atoms with Crippen molar-refractivity contribution in [3.63, 3.8) is 0 Å². The van der Waals surface area contributed by atoms with Crippen molar-refractivity contribution >= 4 is 11.9 Å². The summed E-state index contributed by atoms with van der Waals surface area (Å²) in [4.78, 5) is 23.0. The van der Waals surface area contributed by atoms with Crippen molar-refractivity contribution in [2.45, 2.75) is 25.8 Å². The Morgan fingerprint density at radius 1 is 1.38 bits per heavy atom. The molecule has 0 unspecified atom stereocenters. The molecule has 1 aromatic rings. The smallest absolute Gasteiger partial charge is 0.339 e. The minimum atomic E-state index is -1.02. The number of ether oxygens (including phenoxy) is 1. The van der Waals surface area contributed by atoms with Crippen LogP contribution in [0.4, 0.5) is 0 Å². The normalized spacial score (nSPS) is 23.5. The van der Waals surface area contributed by atoms with Crippen LogP contribution >= 0.6 is 0 Å². The van der Waals surface area contributed by atoms with Gasteiger partial charge in [-0.3, -0.25) is 4.79 Å². The first kappa shape index (κ1) is 13.9. The summed E-state index contributed by atoms with van der Waals surface area (Å²) in [5, 5.41) is 12.0. The number of aromatic carboxylic acids is 1. The number of hydrogen-bond acceptors (Lipinski definition) is 3. The first-order chi connectivity index (χ1) is 10.1. The molecule has 0 bridgehead atoms. The highest BCUT2D eigenvalue weighted by Gasteiger charge is 2.50. The van der Waals surface area contributed by atoms with E-state index in [0.717, 1.165) is 17.9 Å². The van der Waals surface area contributed by atoms with Crippen molar-refractivity contribution in [1.29, 1.82) is 0 Å². The standard InChI is InChI=1S/C16H19NO4/c1-21-14-6-9(2-5-11(14)16(19)20)8-17-15(18)13-7-12(13)10-3-4-10/h2,5-6,10,12-13H,3-4,7-8H2,1H3,(H,17,18)(H,19,20)/t12-,13+/m0/s1. The SMILES string of the molecule is COc1cc(CNC(=O)[C@@H]2C[C@H]2C2CC2)ccc1C(=O)O. The van der Waals surface area contributed by atoms with E-state index in [0.29, 0.717) is 18.2 Å². The fraction of sp³-hybridized carbons (Fsp3) is 0.500. The van der Waals surface area contributed by atoms with E-state index in [1.807, 2.05) is 0 Å². The number of methoxy groups -OCH3 is 1. The maximum Gasteiger partial charge on any atom is 0.339 e. The van der Waals surface area contributed by atoms with Crippen molar-refractivity contribution in [2.75, 3.05) is 7.11 Å². The Balaban J connectivity index is 1.57. The predicted octanol–water partition coefficient (Wildman–Crippen LogP) is 2.06. The molecule has 3 rings (SSSR count). The zero-order chi connectivity index (χ0) is 15.0. The minimum Gasteiger partial charge on any atom is -0.496 e. The molecule has 0 aliphatic heterocycles. The number of carboxylic acids is 1. The molecule has 5 heteroatoms. The van der Waals surface area contributed by atoms with Gasteiger partial charge in [0.25, 0.3) is 0 Å². The summed E-state index contributed by atoms with van der Waals surface area (Å²) in [5.41, 5.74) is 0.970. The van der Waals surface area contributed by atoms with E-state index < -0.39 is 5.97 Å². The summed E-state index contributed by atoms with van der Waals surface area (Å²) in [6.07, 6.45) is 3.59. The first-order valence-corrected chi connectivity index (χ1v) is 7.28. The summed E-state index contributed by atoms with van der Waals surface area (Å²) in [6.45, 7) is 0.406. The van der Waals surface area contributed by atoms with E-state index in [-0.39, 0.29) is 17.4 Å². The predicted molar refractivity (Wildman–Crippen MR) is 76.1 cm³/mol. The largest absolute Gasteiger partial charge is 0.496 e. The van der Waals surface area contributed by atoms with Crippen LogP contribution in [0.5, 0.6) is 5.75 Å². The van der Waals surface area contributed by atoms with Crippen molar-refractivity contribution in [3.8, 4) is 5.75 Å². The van der Waals surface area contributed by atoms with E-state index in [1.165, 1.54) is 26.0 Å². The summed E-state index contributed by atoms with van der Waals surface area (Å²) in [5.74, 6) is 1.000. The van der Waals surface area contributed by atoms with Gasteiger partial charge >= 0.3 is 5.97 Å². The van der Waals surface area contributed by atoms with Gasteiger partial charge in [-0.25, -0.2) is 4.79 Å². The molecule has 2 fully saturated rings. The van der Waals surface area contributed by atoms with Crippen molar-refractivity contribution < 1.29 is 19.4 Å². The summed E-state index contributed by atoms with van der Waals surface area (Å²) >= 11 is 0. The Bertz CT molecular complexity index is 580. The lowest BCUT2D eigenvalue weighted by Crippen LogP contribution is -2.25. The monoisotopic (exact) mass is 289 g/mol. The lowest BCUT2D eigenvalue weighted by molar-refractivity contribution is -0.122. The van der Waals surface area contributed by atoms with Crippen LogP contribution in [-0.2, 0) is 11.3 Å². The highest BCUT2D eigenvalue weighted by Crippen LogP contribution is 2.54. The third-order valence-corrected chi connectivity index (χ3v) is 4.37. The van der Waals surface area contributed by atoms with Crippen LogP contribution in [-0.4, -0.2) is 24.1 Å². The summed E-state index contributed by atoms with van der Waals surface area (Å²) in [7, 11) is 1.44. The lowest BCUT2D eigenvalue weighted by atomic mass is 10.1. The number of amides is 1. The molecule has 2 aliphatic carbocycles. The van der Waals surface area contributed by atoms with Gasteiger partial charge in [-0.2, -0.15) is 0 Å². The molecule has 1 aromatic carbocycles. The zero-order valence-electron chi connectivity index (χ0n) is 12.0. The van der Waals surface area contributed by atoms with Gasteiger partial charge in [-0.15, -0.1) is 0 Å². The Hall–Kier alpha value is -2.04. The zero-order valence-corrected chi connectivity index (χ0v) is 12.0. The average Bonchev–Trinajstić information content (AvgIpc) is 3.35. The molecule has 2 saturated carbocycles. The average molecular weight is 289 g/mol. The summed E-state index contributed by atoms with van der Waals surface area (Å²) in [6, 6.07) is 4.87. The van der Waals surface area contributed by atoms with Crippen LogP contribution in [0.15, 0.2) is 18.2 Å². The van der Waals surface area contributed by atoms with E-state index in [9.17, 15) is 9.59 Å². The van der Waals surface area contributed by atoms with Gasteiger partial charge in [0.05, 0.1) is 7.11 Å². The molecule has 2 atom stereocenters. The third-order valence-electron chi connectivity index (χ3n) is 4.37. The highest BCUT2D eigenvalue weighted by molar-refractivity contribution is 5.91. The van der Waals surface area contributed by atoms with Gasteiger partial charge in [0.1, 0.15) is 11.3 Å². The molecule has 2 aliphatic rings. The molecular weight excluding hydrogens is 270 g/mol. The first-order valence-electron chi connectivity index (χ1n) is 7.28. The van der Waals surface area contributed by atoms with Gasteiger partial charge in [0.2, 0.25) is 5.91 Å². The lowest BCUT2D eigenvalue weighted by Gasteiger charge is -2.09. The van der Waals surface area contributed by atoms with Gasteiger partial charge in [0.15, 0.2) is 0 Å². The molecule has 0 saturated heterocycles. The number of hydrogen-bond donors (Lipinski definition) is 2. The van der Waals surface area contributed by atoms with E-state index in [1.54, 1.807) is 12.1 Å². The second-order valence-electron chi connectivity index (χ2n) is 5.90. The highest BCUT2D eigenvalue weighted by atomic mass is 16.5. The van der Waals surface area contributed by atoms with Crippen LogP contribution in [0, 0.1) is 17.8 Å². The number of benzene rings is 1. The number of rotatable bonds is 6. The van der Waals surface area contributed by atoms with Crippen LogP contribution in [0.25, 0.3) is 0 Å². The van der Waals surface area contributed by atoms with Gasteiger partial charge < -0.3 is 15.2 Å². The number of carbonyl (C=O) groups is 2. The molecule has 0 radical (unpaired) electrons. The van der Waals surface area contributed by atoms with E-state index >= 15 is 0 Å². The van der Waals surface area contributed by atoms with Crippen LogP contribution in [0.1, 0.15) is 35.2 Å². The maximum atomic E-state index is 12.0. The van der Waals surface area contributed by atoms with Gasteiger partial charge in [-0.1, -0.05) is 6.07 Å². The molecule has 0 heterocycles. The van der Waals surface area contributed by atoms with E-state index in [2.05, 4.69) is 5.32 Å². The maximum absolute atomic E-state index is 12.0. The molecule has 2 N–H and O–H groups in total. The quantitative estimate of drug-likeness (QED) is 0.840. The number of nitrogens with one attached hydrogen (secondary N) is 1. The molecule has 0 spiro atoms. The molecule has 112 valence electrons. The second-order valence-corrected chi connectivity index (χ2v) is 5.90. The van der Waals surface area contributed by atoms with Crippen LogP contribution in [0.3, 0.4) is 0 Å². The Kier molecular flexibility index (Phi) is 3.57. The van der Waals surface area contributed by atoms with Crippen molar-refractivity contribution in [2.24, 2.45) is 17.8 Å². The van der Waals surface area contributed by atoms with E-state index in [4.69, 9.17) is 9.84 Å². The fourth-order valence-corrected chi connectivity index (χ4v) is 2.90. The molecule has 1 amide bonds. The number of carbonyl (C=O) groups excluding carboxylic acids is 1. The second kappa shape index (κ2) is 5.39. The van der Waals surface area contributed by atoms with Gasteiger partial charge in [0, 0.05) is 12.5 Å². The van der Waals surface area contributed by atoms with Crippen molar-refractivity contribution in [3.05, 3.63) is 29.3 Å². The fourth-order valence-electron chi connectivity index (χ4n) is 2.90. The minimum absolute atomic E-state index is 0.119. The molecular formula is C16H19NO4. The van der Waals surface area contributed by atoms with Crippen LogP contribution in [0.2, 0.25) is 0 Å². The molecule has 0 aromatic heterocycles. The Morgan fingerprint density at radius 3 is 2.76 bits per heavy atom. The van der Waals surface area contributed by atoms with Gasteiger partial charge in [-0.05, 0) is 48.8 Å². The molecule has 21 heavy (non-hydrogen) atoms. The van der Waals surface area contributed by atoms with Crippen molar-refractivity contribution in [1.82, 2.24) is 5.32 Å². The molecule has 5 nitrogen and oxygen atoms in total. The number of carboxylic acid groups (broad SMARTS) is 1. The Labute approximate surface area is 123 Å². The van der Waals surface area contributed by atoms with Crippen LogP contribution < -0.4 is 10.1 Å².